The Kier molecular flexibility index (Phi) is 5.37. The fraction of sp³-hybridized carbons (Fsp3) is 0.529. The lowest BCUT2D eigenvalue weighted by Gasteiger charge is -2.18. The fourth-order valence-electron chi connectivity index (χ4n) is 2.63. The molecule has 0 heterocycles. The van der Waals surface area contributed by atoms with Crippen molar-refractivity contribution < 1.29 is 9.59 Å². The molecule has 21 heavy (non-hydrogen) atoms. The van der Waals surface area contributed by atoms with Crippen molar-refractivity contribution in [2.24, 2.45) is 11.8 Å². The molecule has 1 N–H and O–H groups in total. The van der Waals surface area contributed by atoms with Gasteiger partial charge in [-0.2, -0.15) is 0 Å². The second kappa shape index (κ2) is 7.25. The first kappa shape index (κ1) is 15.5. The van der Waals surface area contributed by atoms with Crippen molar-refractivity contribution in [3.8, 4) is 0 Å². The molecule has 4 nitrogen and oxygen atoms in total. The minimum atomic E-state index is -0.117. The van der Waals surface area contributed by atoms with Crippen molar-refractivity contribution in [3.05, 3.63) is 35.9 Å². The van der Waals surface area contributed by atoms with Crippen LogP contribution in [0.3, 0.4) is 0 Å². The van der Waals surface area contributed by atoms with Gasteiger partial charge >= 0.3 is 0 Å². The predicted molar refractivity (Wildman–Crippen MR) is 82.7 cm³/mol. The average Bonchev–Trinajstić information content (AvgIpc) is 3.30. The molecule has 2 rings (SSSR count). The van der Waals surface area contributed by atoms with Crippen LogP contribution >= 0.6 is 0 Å². The molecule has 2 amide bonds. The van der Waals surface area contributed by atoms with Crippen LogP contribution in [0.1, 0.15) is 25.8 Å². The largest absolute Gasteiger partial charge is 0.356 e. The summed E-state index contributed by atoms with van der Waals surface area (Å²) in [5, 5.41) is 2.94. The lowest BCUT2D eigenvalue weighted by molar-refractivity contribution is -0.134. The smallest absolute Gasteiger partial charge is 0.226 e. The molecule has 0 aromatic heterocycles. The van der Waals surface area contributed by atoms with Gasteiger partial charge in [0.25, 0.3) is 0 Å². The lowest BCUT2D eigenvalue weighted by Crippen LogP contribution is -2.34. The zero-order chi connectivity index (χ0) is 15.2. The highest BCUT2D eigenvalue weighted by Crippen LogP contribution is 2.40. The molecule has 0 radical (unpaired) electrons. The highest BCUT2D eigenvalue weighted by atomic mass is 16.2. The Morgan fingerprint density at radius 3 is 2.43 bits per heavy atom. The Hall–Kier alpha value is -1.84. The summed E-state index contributed by atoms with van der Waals surface area (Å²) < 4.78 is 0. The van der Waals surface area contributed by atoms with Crippen LogP contribution in [0, 0.1) is 11.8 Å². The molecule has 1 aliphatic rings. The summed E-state index contributed by atoms with van der Waals surface area (Å²) >= 11 is 0. The second-order valence-electron chi connectivity index (χ2n) is 5.49. The highest BCUT2D eigenvalue weighted by Gasteiger charge is 2.48. The van der Waals surface area contributed by atoms with E-state index < -0.39 is 0 Å². The minimum Gasteiger partial charge on any atom is -0.356 e. The third-order valence-electron chi connectivity index (χ3n) is 4.08. The van der Waals surface area contributed by atoms with Gasteiger partial charge in [-0.15, -0.1) is 0 Å². The number of nitrogens with one attached hydrogen (secondary N) is 1. The molecule has 1 aliphatic carbocycles. The zero-order valence-electron chi connectivity index (χ0n) is 12.8. The number of hydrogen-bond acceptors (Lipinski definition) is 2. The van der Waals surface area contributed by atoms with Gasteiger partial charge in [0.1, 0.15) is 0 Å². The van der Waals surface area contributed by atoms with Gasteiger partial charge in [-0.25, -0.2) is 0 Å². The van der Waals surface area contributed by atoms with Gasteiger partial charge in [-0.1, -0.05) is 30.3 Å². The van der Waals surface area contributed by atoms with Crippen molar-refractivity contribution in [2.75, 3.05) is 19.6 Å². The molecule has 0 spiro atoms. The van der Waals surface area contributed by atoms with Crippen LogP contribution in [0.5, 0.6) is 0 Å². The van der Waals surface area contributed by atoms with Gasteiger partial charge in [-0.05, 0) is 32.3 Å². The highest BCUT2D eigenvalue weighted by molar-refractivity contribution is 5.92. The van der Waals surface area contributed by atoms with E-state index in [1.54, 1.807) is 0 Å². The Labute approximate surface area is 126 Å². The predicted octanol–water partition coefficient (Wildman–Crippen LogP) is 1.85. The van der Waals surface area contributed by atoms with E-state index in [2.05, 4.69) is 17.4 Å². The van der Waals surface area contributed by atoms with Crippen LogP contribution in [0.15, 0.2) is 30.3 Å². The number of carbonyl (C=O) groups is 2. The molecule has 4 heteroatoms. The standard InChI is InChI=1S/C17H24N2O2/c1-3-19(4-2)17(21)15-12-14(15)16(20)18-11-10-13-8-6-5-7-9-13/h5-9,14-15H,3-4,10-12H2,1-2H3,(H,18,20). The number of nitrogens with zero attached hydrogens (tertiary/aromatic N) is 1. The van der Waals surface area contributed by atoms with Gasteiger partial charge in [0.05, 0.1) is 11.8 Å². The van der Waals surface area contributed by atoms with E-state index in [0.717, 1.165) is 6.42 Å². The second-order valence-corrected chi connectivity index (χ2v) is 5.49. The summed E-state index contributed by atoms with van der Waals surface area (Å²) in [7, 11) is 0. The molecule has 1 aromatic carbocycles. The molecule has 2 atom stereocenters. The molecular weight excluding hydrogens is 264 g/mol. The maximum atomic E-state index is 12.1. The van der Waals surface area contributed by atoms with Crippen molar-refractivity contribution in [1.29, 1.82) is 0 Å². The van der Waals surface area contributed by atoms with Crippen molar-refractivity contribution in [1.82, 2.24) is 10.2 Å². The molecule has 114 valence electrons. The van der Waals surface area contributed by atoms with Crippen LogP contribution in [0.2, 0.25) is 0 Å². The first-order chi connectivity index (χ1) is 10.2. The Bertz CT molecular complexity index is 483. The van der Waals surface area contributed by atoms with Gasteiger partial charge in [0.2, 0.25) is 11.8 Å². The zero-order valence-corrected chi connectivity index (χ0v) is 12.8. The monoisotopic (exact) mass is 288 g/mol. The maximum Gasteiger partial charge on any atom is 0.226 e. The van der Waals surface area contributed by atoms with E-state index in [0.29, 0.717) is 26.1 Å². The SMILES string of the molecule is CCN(CC)C(=O)C1CC1C(=O)NCCc1ccccc1. The third-order valence-corrected chi connectivity index (χ3v) is 4.08. The number of rotatable bonds is 7. The molecule has 0 bridgehead atoms. The first-order valence-electron chi connectivity index (χ1n) is 7.77. The topological polar surface area (TPSA) is 49.4 Å². The number of benzene rings is 1. The van der Waals surface area contributed by atoms with E-state index >= 15 is 0 Å². The summed E-state index contributed by atoms with van der Waals surface area (Å²) in [6.07, 6.45) is 1.53. The van der Waals surface area contributed by atoms with E-state index in [1.165, 1.54) is 5.56 Å². The van der Waals surface area contributed by atoms with Crippen LogP contribution in [0.4, 0.5) is 0 Å². The fourth-order valence-corrected chi connectivity index (χ4v) is 2.63. The summed E-state index contributed by atoms with van der Waals surface area (Å²) in [5.41, 5.74) is 1.21. The Balaban J connectivity index is 1.72. The van der Waals surface area contributed by atoms with Crippen LogP contribution in [0.25, 0.3) is 0 Å². The van der Waals surface area contributed by atoms with E-state index in [1.807, 2.05) is 36.9 Å². The number of carbonyl (C=O) groups excluding carboxylic acids is 2. The number of amides is 2. The van der Waals surface area contributed by atoms with Crippen LogP contribution < -0.4 is 5.32 Å². The Morgan fingerprint density at radius 2 is 1.81 bits per heavy atom. The maximum absolute atomic E-state index is 12.1. The average molecular weight is 288 g/mol. The number of hydrogen-bond donors (Lipinski definition) is 1. The summed E-state index contributed by atoms with van der Waals surface area (Å²) in [6, 6.07) is 10.1. The summed E-state index contributed by atoms with van der Waals surface area (Å²) in [5.74, 6) is -0.0601. The molecule has 1 saturated carbocycles. The van der Waals surface area contributed by atoms with Crippen molar-refractivity contribution in [3.63, 3.8) is 0 Å². The van der Waals surface area contributed by atoms with E-state index in [-0.39, 0.29) is 23.7 Å². The molecule has 0 saturated heterocycles. The van der Waals surface area contributed by atoms with Crippen molar-refractivity contribution in [2.45, 2.75) is 26.7 Å². The molecule has 1 fully saturated rings. The third kappa shape index (κ3) is 4.06. The summed E-state index contributed by atoms with van der Waals surface area (Å²) in [6.45, 7) is 6.01. The minimum absolute atomic E-state index is 0.0245. The van der Waals surface area contributed by atoms with Crippen molar-refractivity contribution >= 4 is 11.8 Å². The normalized spacial score (nSPS) is 19.9. The van der Waals surface area contributed by atoms with Gasteiger partial charge in [-0.3, -0.25) is 9.59 Å². The lowest BCUT2D eigenvalue weighted by atomic mass is 10.1. The van der Waals surface area contributed by atoms with E-state index in [4.69, 9.17) is 0 Å². The molecule has 1 aromatic rings. The van der Waals surface area contributed by atoms with Gasteiger partial charge in [0.15, 0.2) is 0 Å². The quantitative estimate of drug-likeness (QED) is 0.832. The van der Waals surface area contributed by atoms with Gasteiger partial charge in [0, 0.05) is 19.6 Å². The molecular formula is C17H24N2O2. The summed E-state index contributed by atoms with van der Waals surface area (Å²) in [4.78, 5) is 26.0. The molecule has 0 aliphatic heterocycles. The van der Waals surface area contributed by atoms with E-state index in [9.17, 15) is 9.59 Å². The molecule has 2 unspecified atom stereocenters. The van der Waals surface area contributed by atoms with Gasteiger partial charge < -0.3 is 10.2 Å². The first-order valence-corrected chi connectivity index (χ1v) is 7.77. The van der Waals surface area contributed by atoms with Crippen LogP contribution in [-0.2, 0) is 16.0 Å². The Morgan fingerprint density at radius 1 is 1.14 bits per heavy atom. The van der Waals surface area contributed by atoms with Crippen LogP contribution in [-0.4, -0.2) is 36.3 Å².